The Hall–Kier alpha value is -2.02. The van der Waals surface area contributed by atoms with Gasteiger partial charge in [0.1, 0.15) is 0 Å². The number of hydrogen-bond donors (Lipinski definition) is 2. The molecular weight excluding hydrogens is 252 g/mol. The monoisotopic (exact) mass is 274 g/mol. The Labute approximate surface area is 120 Å². The Morgan fingerprint density at radius 2 is 2.10 bits per heavy atom. The number of benzene rings is 1. The number of hydrogen-bond acceptors (Lipinski definition) is 3. The number of aliphatic carboxylic acids is 1. The Morgan fingerprint density at radius 1 is 1.40 bits per heavy atom. The fourth-order valence-corrected chi connectivity index (χ4v) is 2.09. The van der Waals surface area contributed by atoms with Crippen LogP contribution in [-0.4, -0.2) is 17.1 Å². The molecule has 0 heterocycles. The highest BCUT2D eigenvalue weighted by Gasteiger charge is 2.11. The topological polar surface area (TPSA) is 73.1 Å². The van der Waals surface area contributed by atoms with Gasteiger partial charge in [-0.3, -0.25) is 4.79 Å². The number of nitrogens with zero attached hydrogens (tertiary/aromatic N) is 1. The fourth-order valence-electron chi connectivity index (χ4n) is 2.09. The van der Waals surface area contributed by atoms with E-state index in [4.69, 9.17) is 10.4 Å². The lowest BCUT2D eigenvalue weighted by Crippen LogP contribution is -2.16. The molecule has 4 heteroatoms. The zero-order chi connectivity index (χ0) is 15.1. The standard InChI is InChI=1S/C16H22N2O2/c1-11(16(19)20)5-4-6-13(3)18-15-8-7-14(10-17)12(2)9-15/h7-9,11,13,18H,4-6H2,1-3H3,(H,19,20). The minimum atomic E-state index is -0.728. The molecule has 1 aromatic carbocycles. The molecule has 20 heavy (non-hydrogen) atoms. The van der Waals surface area contributed by atoms with Gasteiger partial charge in [0.05, 0.1) is 17.6 Å². The Morgan fingerprint density at radius 3 is 2.65 bits per heavy atom. The van der Waals surface area contributed by atoms with Crippen LogP contribution in [0.3, 0.4) is 0 Å². The number of aryl methyl sites for hydroxylation is 1. The van der Waals surface area contributed by atoms with Crippen molar-refractivity contribution in [1.82, 2.24) is 0 Å². The minimum Gasteiger partial charge on any atom is -0.481 e. The van der Waals surface area contributed by atoms with E-state index in [0.717, 1.165) is 24.1 Å². The van der Waals surface area contributed by atoms with Crippen molar-refractivity contribution in [3.8, 4) is 6.07 Å². The molecule has 0 aromatic heterocycles. The fraction of sp³-hybridized carbons (Fsp3) is 0.500. The van der Waals surface area contributed by atoms with E-state index in [-0.39, 0.29) is 12.0 Å². The van der Waals surface area contributed by atoms with Gasteiger partial charge in [-0.05, 0) is 50.5 Å². The molecule has 2 N–H and O–H groups in total. The van der Waals surface area contributed by atoms with E-state index in [1.54, 1.807) is 6.92 Å². The quantitative estimate of drug-likeness (QED) is 0.797. The number of rotatable bonds is 7. The highest BCUT2D eigenvalue weighted by molar-refractivity contribution is 5.69. The molecule has 0 radical (unpaired) electrons. The molecule has 0 amide bonds. The number of carboxylic acid groups (broad SMARTS) is 1. The second-order valence-corrected chi connectivity index (χ2v) is 5.36. The molecule has 0 aliphatic rings. The molecular formula is C16H22N2O2. The van der Waals surface area contributed by atoms with E-state index < -0.39 is 5.97 Å². The molecule has 108 valence electrons. The van der Waals surface area contributed by atoms with E-state index in [2.05, 4.69) is 18.3 Å². The van der Waals surface area contributed by atoms with Crippen LogP contribution in [0.15, 0.2) is 18.2 Å². The first kappa shape index (κ1) is 16.0. The van der Waals surface area contributed by atoms with Gasteiger partial charge >= 0.3 is 5.97 Å². The van der Waals surface area contributed by atoms with Gasteiger partial charge in [0, 0.05) is 11.7 Å². The van der Waals surface area contributed by atoms with Gasteiger partial charge < -0.3 is 10.4 Å². The predicted octanol–water partition coefficient (Wildman–Crippen LogP) is 3.56. The van der Waals surface area contributed by atoms with Gasteiger partial charge in [0.25, 0.3) is 0 Å². The number of nitrogens with one attached hydrogen (secondary N) is 1. The molecule has 0 saturated carbocycles. The summed E-state index contributed by atoms with van der Waals surface area (Å²) in [6.45, 7) is 5.74. The summed E-state index contributed by atoms with van der Waals surface area (Å²) in [5.41, 5.74) is 2.66. The van der Waals surface area contributed by atoms with Gasteiger partial charge in [-0.25, -0.2) is 0 Å². The van der Waals surface area contributed by atoms with Crippen molar-refractivity contribution in [2.24, 2.45) is 5.92 Å². The lowest BCUT2D eigenvalue weighted by Gasteiger charge is -2.16. The third-order valence-electron chi connectivity index (χ3n) is 3.46. The third kappa shape index (κ3) is 4.93. The van der Waals surface area contributed by atoms with Gasteiger partial charge in [0.2, 0.25) is 0 Å². The van der Waals surface area contributed by atoms with Crippen molar-refractivity contribution in [2.75, 3.05) is 5.32 Å². The second kappa shape index (κ2) is 7.54. The maximum atomic E-state index is 10.7. The van der Waals surface area contributed by atoms with Crippen molar-refractivity contribution in [2.45, 2.75) is 46.1 Å². The number of anilines is 1. The van der Waals surface area contributed by atoms with E-state index in [1.165, 1.54) is 0 Å². The number of carboxylic acids is 1. The third-order valence-corrected chi connectivity index (χ3v) is 3.46. The van der Waals surface area contributed by atoms with Crippen LogP contribution in [-0.2, 0) is 4.79 Å². The first-order chi connectivity index (χ1) is 9.43. The molecule has 1 rings (SSSR count). The van der Waals surface area contributed by atoms with Crippen LogP contribution in [0.5, 0.6) is 0 Å². The van der Waals surface area contributed by atoms with Gasteiger partial charge in [-0.15, -0.1) is 0 Å². The summed E-state index contributed by atoms with van der Waals surface area (Å²) in [5.74, 6) is -1.01. The lowest BCUT2D eigenvalue weighted by molar-refractivity contribution is -0.141. The average molecular weight is 274 g/mol. The largest absolute Gasteiger partial charge is 0.481 e. The van der Waals surface area contributed by atoms with Gasteiger partial charge in [-0.2, -0.15) is 5.26 Å². The van der Waals surface area contributed by atoms with Crippen LogP contribution in [0.25, 0.3) is 0 Å². The summed E-state index contributed by atoms with van der Waals surface area (Å²) in [6, 6.07) is 8.12. The van der Waals surface area contributed by atoms with Crippen LogP contribution in [0, 0.1) is 24.2 Å². The molecule has 2 atom stereocenters. The summed E-state index contributed by atoms with van der Waals surface area (Å²) in [5, 5.41) is 21.1. The maximum Gasteiger partial charge on any atom is 0.306 e. The Bertz CT molecular complexity index is 506. The summed E-state index contributed by atoms with van der Waals surface area (Å²) in [7, 11) is 0. The zero-order valence-electron chi connectivity index (χ0n) is 12.3. The van der Waals surface area contributed by atoms with E-state index in [1.807, 2.05) is 25.1 Å². The molecule has 1 aromatic rings. The SMILES string of the molecule is Cc1cc(NC(C)CCCC(C)C(=O)O)ccc1C#N. The number of nitriles is 1. The summed E-state index contributed by atoms with van der Waals surface area (Å²) >= 11 is 0. The second-order valence-electron chi connectivity index (χ2n) is 5.36. The van der Waals surface area contributed by atoms with Crippen molar-refractivity contribution in [3.05, 3.63) is 29.3 Å². The smallest absolute Gasteiger partial charge is 0.306 e. The average Bonchev–Trinajstić information content (AvgIpc) is 2.38. The van der Waals surface area contributed by atoms with Crippen LogP contribution < -0.4 is 5.32 Å². The maximum absolute atomic E-state index is 10.7. The van der Waals surface area contributed by atoms with Gasteiger partial charge in [-0.1, -0.05) is 13.3 Å². The van der Waals surface area contributed by atoms with E-state index >= 15 is 0 Å². The highest BCUT2D eigenvalue weighted by atomic mass is 16.4. The molecule has 0 spiro atoms. The van der Waals surface area contributed by atoms with Crippen LogP contribution in [0.1, 0.15) is 44.2 Å². The van der Waals surface area contributed by atoms with E-state index in [9.17, 15) is 4.79 Å². The Balaban J connectivity index is 2.43. The Kier molecular flexibility index (Phi) is 6.05. The van der Waals surface area contributed by atoms with Gasteiger partial charge in [0.15, 0.2) is 0 Å². The first-order valence-corrected chi connectivity index (χ1v) is 6.94. The molecule has 0 bridgehead atoms. The molecule has 0 aliphatic carbocycles. The lowest BCUT2D eigenvalue weighted by atomic mass is 10.0. The van der Waals surface area contributed by atoms with Crippen LogP contribution in [0.2, 0.25) is 0 Å². The zero-order valence-corrected chi connectivity index (χ0v) is 12.3. The molecule has 0 fully saturated rings. The summed E-state index contributed by atoms with van der Waals surface area (Å²) in [6.07, 6.45) is 2.52. The minimum absolute atomic E-state index is 0.278. The van der Waals surface area contributed by atoms with Crippen LogP contribution >= 0.6 is 0 Å². The highest BCUT2D eigenvalue weighted by Crippen LogP contribution is 2.17. The van der Waals surface area contributed by atoms with Crippen molar-refractivity contribution >= 4 is 11.7 Å². The van der Waals surface area contributed by atoms with E-state index in [0.29, 0.717) is 12.0 Å². The molecule has 4 nitrogen and oxygen atoms in total. The molecule has 0 saturated heterocycles. The van der Waals surface area contributed by atoms with Crippen LogP contribution in [0.4, 0.5) is 5.69 Å². The van der Waals surface area contributed by atoms with Crippen molar-refractivity contribution < 1.29 is 9.90 Å². The summed E-state index contributed by atoms with van der Waals surface area (Å²) < 4.78 is 0. The molecule has 0 aliphatic heterocycles. The summed E-state index contributed by atoms with van der Waals surface area (Å²) in [4.78, 5) is 10.7. The number of carbonyl (C=O) groups is 1. The first-order valence-electron chi connectivity index (χ1n) is 6.94. The van der Waals surface area contributed by atoms with Crippen molar-refractivity contribution in [1.29, 1.82) is 5.26 Å². The molecule has 2 unspecified atom stereocenters. The predicted molar refractivity (Wildman–Crippen MR) is 79.6 cm³/mol. The normalized spacial score (nSPS) is 13.3. The van der Waals surface area contributed by atoms with Crippen molar-refractivity contribution in [3.63, 3.8) is 0 Å².